The first-order valence-electron chi connectivity index (χ1n) is 9.32. The highest BCUT2D eigenvalue weighted by Gasteiger charge is 2.25. The third-order valence-corrected chi connectivity index (χ3v) is 6.10. The number of amides is 1. The van der Waals surface area contributed by atoms with E-state index >= 15 is 0 Å². The van der Waals surface area contributed by atoms with Gasteiger partial charge in [0, 0.05) is 28.2 Å². The smallest absolute Gasteiger partial charge is 0.270 e. The molecule has 32 heavy (non-hydrogen) atoms. The summed E-state index contributed by atoms with van der Waals surface area (Å²) in [4.78, 5) is 27.8. The fraction of sp³-hybridized carbons (Fsp3) is 0.0909. The molecule has 1 aromatic heterocycles. The van der Waals surface area contributed by atoms with Crippen LogP contribution in [-0.2, 0) is 4.79 Å². The van der Waals surface area contributed by atoms with E-state index in [4.69, 9.17) is 9.15 Å². The quantitative estimate of drug-likeness (QED) is 0.261. The molecule has 0 aliphatic carbocycles. The molecule has 0 atom stereocenters. The van der Waals surface area contributed by atoms with Crippen LogP contribution in [0.1, 0.15) is 11.3 Å². The van der Waals surface area contributed by atoms with Crippen LogP contribution in [0, 0.1) is 17.0 Å². The van der Waals surface area contributed by atoms with Crippen molar-refractivity contribution in [3.8, 4) is 17.1 Å². The van der Waals surface area contributed by atoms with Gasteiger partial charge >= 0.3 is 0 Å². The van der Waals surface area contributed by atoms with Crippen molar-refractivity contribution in [2.24, 2.45) is 4.99 Å². The Bertz CT molecular complexity index is 1300. The van der Waals surface area contributed by atoms with Gasteiger partial charge in [-0.3, -0.25) is 14.9 Å². The lowest BCUT2D eigenvalue weighted by Gasteiger charge is -2.05. The number of halogens is 1. The first-order valence-corrected chi connectivity index (χ1v) is 10.9. The monoisotopic (exact) mass is 513 g/mol. The van der Waals surface area contributed by atoms with Crippen molar-refractivity contribution < 1.29 is 18.9 Å². The summed E-state index contributed by atoms with van der Waals surface area (Å²) in [7, 11) is 1.57. The lowest BCUT2D eigenvalue weighted by molar-refractivity contribution is -0.384. The molecule has 4 rings (SSSR count). The summed E-state index contributed by atoms with van der Waals surface area (Å²) >= 11 is 4.54. The zero-order chi connectivity index (χ0) is 22.8. The molecule has 10 heteroatoms. The maximum atomic E-state index is 12.4. The third kappa shape index (κ3) is 4.61. The van der Waals surface area contributed by atoms with E-state index in [1.807, 2.05) is 25.1 Å². The number of aryl methyl sites for hydroxylation is 1. The molecule has 1 fully saturated rings. The highest BCUT2D eigenvalue weighted by molar-refractivity contribution is 9.10. The van der Waals surface area contributed by atoms with E-state index in [-0.39, 0.29) is 11.6 Å². The number of hydrogen-bond acceptors (Lipinski definition) is 7. The lowest BCUT2D eigenvalue weighted by atomic mass is 10.1. The zero-order valence-corrected chi connectivity index (χ0v) is 19.3. The average Bonchev–Trinajstić information content (AvgIpc) is 3.34. The maximum absolute atomic E-state index is 12.4. The van der Waals surface area contributed by atoms with Crippen LogP contribution in [-0.4, -0.2) is 23.1 Å². The minimum Gasteiger partial charge on any atom is -0.494 e. The molecule has 0 unspecified atom stereocenters. The Kier molecular flexibility index (Phi) is 6.15. The summed E-state index contributed by atoms with van der Waals surface area (Å²) < 4.78 is 11.7. The highest BCUT2D eigenvalue weighted by Crippen LogP contribution is 2.35. The first-order chi connectivity index (χ1) is 15.3. The van der Waals surface area contributed by atoms with Crippen LogP contribution in [0.15, 0.2) is 67.3 Å². The van der Waals surface area contributed by atoms with Crippen LogP contribution in [0.5, 0.6) is 5.75 Å². The van der Waals surface area contributed by atoms with Crippen molar-refractivity contribution in [1.82, 2.24) is 5.32 Å². The molecule has 2 aromatic carbocycles. The van der Waals surface area contributed by atoms with E-state index < -0.39 is 4.92 Å². The number of ether oxygens (including phenoxy) is 1. The number of amidine groups is 1. The Morgan fingerprint density at radius 2 is 2.03 bits per heavy atom. The number of hydrogen-bond donors (Lipinski definition) is 1. The lowest BCUT2D eigenvalue weighted by Crippen LogP contribution is -2.19. The summed E-state index contributed by atoms with van der Waals surface area (Å²) in [5, 5.41) is 14.1. The number of methoxy groups -OCH3 is 1. The van der Waals surface area contributed by atoms with E-state index in [2.05, 4.69) is 26.2 Å². The van der Waals surface area contributed by atoms with Gasteiger partial charge in [-0.15, -0.1) is 0 Å². The number of thioether (sulfide) groups is 1. The predicted molar refractivity (Wildman–Crippen MR) is 127 cm³/mol. The summed E-state index contributed by atoms with van der Waals surface area (Å²) in [6.45, 7) is 1.95. The van der Waals surface area contributed by atoms with Gasteiger partial charge in [-0.2, -0.15) is 0 Å². The second kappa shape index (κ2) is 9.01. The molecule has 1 saturated heterocycles. The number of non-ortho nitro benzene ring substituents is 1. The van der Waals surface area contributed by atoms with Gasteiger partial charge in [0.05, 0.1) is 16.9 Å². The fourth-order valence-electron chi connectivity index (χ4n) is 3.00. The summed E-state index contributed by atoms with van der Waals surface area (Å²) in [6, 6.07) is 13.5. The van der Waals surface area contributed by atoms with Crippen LogP contribution >= 0.6 is 27.7 Å². The SMILES string of the molecule is COc1ccc(C)cc1N=C1NC(=O)/C(=C/c2ccc(-c3ccc([N+](=O)[O-])cc3Br)o2)S1. The van der Waals surface area contributed by atoms with Crippen LogP contribution in [0.2, 0.25) is 0 Å². The van der Waals surface area contributed by atoms with Crippen LogP contribution in [0.3, 0.4) is 0 Å². The molecule has 0 radical (unpaired) electrons. The highest BCUT2D eigenvalue weighted by atomic mass is 79.9. The Morgan fingerprint density at radius 3 is 2.75 bits per heavy atom. The van der Waals surface area contributed by atoms with Gasteiger partial charge in [-0.1, -0.05) is 6.07 Å². The Labute approximate surface area is 195 Å². The maximum Gasteiger partial charge on any atom is 0.270 e. The van der Waals surface area contributed by atoms with Crippen molar-refractivity contribution in [2.45, 2.75) is 6.92 Å². The van der Waals surface area contributed by atoms with Gasteiger partial charge in [0.15, 0.2) is 5.17 Å². The molecule has 3 aromatic rings. The second-order valence-corrected chi connectivity index (χ2v) is 8.67. The number of benzene rings is 2. The van der Waals surface area contributed by atoms with E-state index in [0.29, 0.717) is 43.1 Å². The summed E-state index contributed by atoms with van der Waals surface area (Å²) in [5.41, 5.74) is 2.29. The third-order valence-electron chi connectivity index (χ3n) is 4.54. The molecule has 2 heterocycles. The zero-order valence-electron chi connectivity index (χ0n) is 16.9. The van der Waals surface area contributed by atoms with Crippen molar-refractivity contribution in [1.29, 1.82) is 0 Å². The molecule has 1 amide bonds. The van der Waals surface area contributed by atoms with Crippen LogP contribution in [0.25, 0.3) is 17.4 Å². The standard InChI is InChI=1S/C22H16BrN3O5S/c1-12-3-7-19(30-2)17(9-12)24-22-25-21(27)20(32-22)11-14-5-8-18(31-14)15-6-4-13(26(28)29)10-16(15)23/h3-11H,1-2H3,(H,24,25,27)/b20-11-. The summed E-state index contributed by atoms with van der Waals surface area (Å²) in [6.07, 6.45) is 1.62. The van der Waals surface area contributed by atoms with Gasteiger partial charge in [0.1, 0.15) is 23.0 Å². The van der Waals surface area contributed by atoms with E-state index in [0.717, 1.165) is 5.56 Å². The van der Waals surface area contributed by atoms with E-state index in [9.17, 15) is 14.9 Å². The summed E-state index contributed by atoms with van der Waals surface area (Å²) in [5.74, 6) is 1.31. The Hall–Kier alpha value is -3.37. The molecule has 8 nitrogen and oxygen atoms in total. The number of nitro benzene ring substituents is 1. The van der Waals surface area contributed by atoms with Crippen molar-refractivity contribution in [3.63, 3.8) is 0 Å². The number of furan rings is 1. The fourth-order valence-corrected chi connectivity index (χ4v) is 4.38. The molecule has 0 spiro atoms. The normalized spacial score (nSPS) is 15.9. The Balaban J connectivity index is 1.57. The topological polar surface area (TPSA) is 107 Å². The number of carbonyl (C=O) groups excluding carboxylic acids is 1. The molecular weight excluding hydrogens is 498 g/mol. The number of nitro groups is 1. The van der Waals surface area contributed by atoms with Gasteiger partial charge in [0.25, 0.3) is 11.6 Å². The molecule has 162 valence electrons. The van der Waals surface area contributed by atoms with Crippen molar-refractivity contribution >= 4 is 56.2 Å². The van der Waals surface area contributed by atoms with E-state index in [1.165, 1.54) is 23.9 Å². The van der Waals surface area contributed by atoms with E-state index in [1.54, 1.807) is 31.4 Å². The number of carbonyl (C=O) groups is 1. The van der Waals surface area contributed by atoms with Gasteiger partial charge in [-0.05, 0) is 70.5 Å². The molecule has 1 aliphatic rings. The van der Waals surface area contributed by atoms with Crippen molar-refractivity contribution in [2.75, 3.05) is 7.11 Å². The number of nitrogens with one attached hydrogen (secondary N) is 1. The van der Waals surface area contributed by atoms with Crippen LogP contribution < -0.4 is 10.1 Å². The predicted octanol–water partition coefficient (Wildman–Crippen LogP) is 5.83. The van der Waals surface area contributed by atoms with Gasteiger partial charge < -0.3 is 14.5 Å². The first kappa shape index (κ1) is 21.8. The van der Waals surface area contributed by atoms with Gasteiger partial charge in [-0.25, -0.2) is 4.99 Å². The number of aliphatic imine (C=N–C) groups is 1. The number of nitrogens with zero attached hydrogens (tertiary/aromatic N) is 2. The number of rotatable bonds is 5. The minimum atomic E-state index is -0.464. The molecule has 1 N–H and O–H groups in total. The molecule has 1 aliphatic heterocycles. The average molecular weight is 514 g/mol. The Morgan fingerprint density at radius 1 is 1.22 bits per heavy atom. The molecular formula is C22H16BrN3O5S. The van der Waals surface area contributed by atoms with Crippen LogP contribution in [0.4, 0.5) is 11.4 Å². The van der Waals surface area contributed by atoms with Gasteiger partial charge in [0.2, 0.25) is 0 Å². The molecule has 0 saturated carbocycles. The van der Waals surface area contributed by atoms with Crippen molar-refractivity contribution in [3.05, 3.63) is 79.3 Å². The minimum absolute atomic E-state index is 0.0226. The largest absolute Gasteiger partial charge is 0.494 e. The molecule has 0 bridgehead atoms. The second-order valence-electron chi connectivity index (χ2n) is 6.78.